The number of nitriles is 1. The van der Waals surface area contributed by atoms with Gasteiger partial charge in [0.1, 0.15) is 0 Å². The first-order chi connectivity index (χ1) is 7.72. The minimum atomic E-state index is 0.587. The van der Waals surface area contributed by atoms with Crippen LogP contribution in [0.3, 0.4) is 0 Å². The molecule has 0 spiro atoms. The zero-order valence-corrected chi connectivity index (χ0v) is 9.73. The first-order valence-corrected chi connectivity index (χ1v) is 5.26. The van der Waals surface area contributed by atoms with Gasteiger partial charge in [0.25, 0.3) is 0 Å². The second-order valence-electron chi connectivity index (χ2n) is 3.46. The second-order valence-corrected chi connectivity index (χ2v) is 3.46. The van der Waals surface area contributed by atoms with Gasteiger partial charge >= 0.3 is 0 Å². The molecule has 1 rings (SSSR count). The summed E-state index contributed by atoms with van der Waals surface area (Å²) in [4.78, 5) is 2.12. The van der Waals surface area contributed by atoms with Crippen molar-refractivity contribution in [2.24, 2.45) is 0 Å². The SMILES string of the molecule is CCN(CCOC)c1ccc(C#N)cc1N. The lowest BCUT2D eigenvalue weighted by molar-refractivity contribution is 0.205. The molecule has 0 saturated heterocycles. The molecule has 0 aliphatic heterocycles. The number of anilines is 2. The Kier molecular flexibility index (Phi) is 4.62. The zero-order valence-electron chi connectivity index (χ0n) is 9.73. The summed E-state index contributed by atoms with van der Waals surface area (Å²) in [6.45, 7) is 4.38. The smallest absolute Gasteiger partial charge is 0.0992 e. The molecule has 0 radical (unpaired) electrons. The van der Waals surface area contributed by atoms with Gasteiger partial charge in [0.15, 0.2) is 0 Å². The number of hydrogen-bond acceptors (Lipinski definition) is 4. The van der Waals surface area contributed by atoms with Crippen LogP contribution in [0.1, 0.15) is 12.5 Å². The van der Waals surface area contributed by atoms with Crippen LogP contribution >= 0.6 is 0 Å². The van der Waals surface area contributed by atoms with E-state index in [9.17, 15) is 0 Å². The molecule has 0 unspecified atom stereocenters. The summed E-state index contributed by atoms with van der Waals surface area (Å²) in [7, 11) is 1.68. The molecule has 1 aromatic carbocycles. The number of nitrogen functional groups attached to an aromatic ring is 1. The van der Waals surface area contributed by atoms with Crippen LogP contribution in [0.25, 0.3) is 0 Å². The van der Waals surface area contributed by atoms with Crippen molar-refractivity contribution in [2.45, 2.75) is 6.92 Å². The number of methoxy groups -OCH3 is 1. The predicted molar refractivity (Wildman–Crippen MR) is 65.3 cm³/mol. The Hall–Kier alpha value is -1.73. The summed E-state index contributed by atoms with van der Waals surface area (Å²) in [5.74, 6) is 0. The van der Waals surface area contributed by atoms with Gasteiger partial charge in [0, 0.05) is 20.2 Å². The average Bonchev–Trinajstić information content (AvgIpc) is 2.31. The van der Waals surface area contributed by atoms with Gasteiger partial charge in [-0.3, -0.25) is 0 Å². The fraction of sp³-hybridized carbons (Fsp3) is 0.417. The highest BCUT2D eigenvalue weighted by Gasteiger charge is 2.08. The highest BCUT2D eigenvalue weighted by molar-refractivity contribution is 5.69. The Morgan fingerprint density at radius 2 is 2.25 bits per heavy atom. The summed E-state index contributed by atoms with van der Waals surface area (Å²) in [5, 5.41) is 8.75. The topological polar surface area (TPSA) is 62.3 Å². The molecule has 0 atom stereocenters. The number of likely N-dealkylation sites (N-methyl/N-ethyl adjacent to an activating group) is 1. The molecule has 0 heterocycles. The van der Waals surface area contributed by atoms with Crippen molar-refractivity contribution in [3.63, 3.8) is 0 Å². The van der Waals surface area contributed by atoms with Crippen molar-refractivity contribution in [1.29, 1.82) is 5.26 Å². The van der Waals surface area contributed by atoms with Crippen molar-refractivity contribution < 1.29 is 4.74 Å². The molecule has 0 amide bonds. The number of nitrogens with two attached hydrogens (primary N) is 1. The van der Waals surface area contributed by atoms with E-state index in [1.54, 1.807) is 19.2 Å². The second kappa shape index (κ2) is 5.99. The highest BCUT2D eigenvalue weighted by Crippen LogP contribution is 2.23. The quantitative estimate of drug-likeness (QED) is 0.764. The summed E-state index contributed by atoms with van der Waals surface area (Å²) in [5.41, 5.74) is 8.09. The number of rotatable bonds is 5. The van der Waals surface area contributed by atoms with E-state index in [-0.39, 0.29) is 0 Å². The third-order valence-electron chi connectivity index (χ3n) is 2.44. The van der Waals surface area contributed by atoms with Crippen LogP contribution in [0, 0.1) is 11.3 Å². The maximum atomic E-state index is 8.75. The summed E-state index contributed by atoms with van der Waals surface area (Å²) in [6.07, 6.45) is 0. The average molecular weight is 219 g/mol. The van der Waals surface area contributed by atoms with Gasteiger partial charge in [-0.15, -0.1) is 0 Å². The summed E-state index contributed by atoms with van der Waals surface area (Å²) >= 11 is 0. The zero-order chi connectivity index (χ0) is 12.0. The van der Waals surface area contributed by atoms with E-state index in [1.807, 2.05) is 6.07 Å². The monoisotopic (exact) mass is 219 g/mol. The van der Waals surface area contributed by atoms with Gasteiger partial charge in [-0.1, -0.05) is 0 Å². The van der Waals surface area contributed by atoms with Gasteiger partial charge < -0.3 is 15.4 Å². The molecule has 2 N–H and O–H groups in total. The maximum Gasteiger partial charge on any atom is 0.0992 e. The van der Waals surface area contributed by atoms with Gasteiger partial charge in [0.05, 0.1) is 29.6 Å². The fourth-order valence-corrected chi connectivity index (χ4v) is 1.56. The van der Waals surface area contributed by atoms with Gasteiger partial charge in [0.2, 0.25) is 0 Å². The Morgan fingerprint density at radius 1 is 1.50 bits per heavy atom. The molecule has 1 aromatic rings. The minimum absolute atomic E-state index is 0.587. The largest absolute Gasteiger partial charge is 0.397 e. The van der Waals surface area contributed by atoms with E-state index in [4.69, 9.17) is 15.7 Å². The van der Waals surface area contributed by atoms with E-state index < -0.39 is 0 Å². The van der Waals surface area contributed by atoms with E-state index in [0.29, 0.717) is 17.9 Å². The molecule has 0 fully saturated rings. The molecule has 0 bridgehead atoms. The predicted octanol–water partition coefficient (Wildman–Crippen LogP) is 1.61. The highest BCUT2D eigenvalue weighted by atomic mass is 16.5. The fourth-order valence-electron chi connectivity index (χ4n) is 1.56. The first kappa shape index (κ1) is 12.3. The van der Waals surface area contributed by atoms with E-state index in [1.165, 1.54) is 0 Å². The number of benzene rings is 1. The summed E-state index contributed by atoms with van der Waals surface area (Å²) in [6, 6.07) is 7.43. The van der Waals surface area contributed by atoms with Crippen molar-refractivity contribution in [2.75, 3.05) is 37.4 Å². The van der Waals surface area contributed by atoms with Crippen LogP contribution in [0.15, 0.2) is 18.2 Å². The lowest BCUT2D eigenvalue weighted by Gasteiger charge is -2.24. The molecule has 0 aliphatic carbocycles. The third-order valence-corrected chi connectivity index (χ3v) is 2.44. The van der Waals surface area contributed by atoms with Crippen LogP contribution in [-0.4, -0.2) is 26.8 Å². The first-order valence-electron chi connectivity index (χ1n) is 5.26. The molecule has 86 valence electrons. The van der Waals surface area contributed by atoms with Crippen LogP contribution in [0.2, 0.25) is 0 Å². The Bertz CT molecular complexity index is 384. The van der Waals surface area contributed by atoms with Gasteiger partial charge in [-0.05, 0) is 25.1 Å². The van der Waals surface area contributed by atoms with Crippen molar-refractivity contribution >= 4 is 11.4 Å². The minimum Gasteiger partial charge on any atom is -0.397 e. The normalized spacial score (nSPS) is 9.81. The molecule has 16 heavy (non-hydrogen) atoms. The van der Waals surface area contributed by atoms with Crippen LogP contribution in [0.5, 0.6) is 0 Å². The van der Waals surface area contributed by atoms with Crippen LogP contribution < -0.4 is 10.6 Å². The Labute approximate surface area is 96.2 Å². The standard InChI is InChI=1S/C12H17N3O/c1-3-15(6-7-16-2)12-5-4-10(9-13)8-11(12)14/h4-5,8H,3,6-7,14H2,1-2H3. The van der Waals surface area contributed by atoms with E-state index in [0.717, 1.165) is 18.8 Å². The number of nitrogens with zero attached hydrogens (tertiary/aromatic N) is 2. The van der Waals surface area contributed by atoms with Crippen LogP contribution in [0.4, 0.5) is 11.4 Å². The molecule has 0 saturated carbocycles. The van der Waals surface area contributed by atoms with E-state index in [2.05, 4.69) is 17.9 Å². The van der Waals surface area contributed by atoms with Crippen molar-refractivity contribution in [3.05, 3.63) is 23.8 Å². The third kappa shape index (κ3) is 2.88. The van der Waals surface area contributed by atoms with Gasteiger partial charge in [-0.25, -0.2) is 0 Å². The number of hydrogen-bond donors (Lipinski definition) is 1. The number of ether oxygens (including phenoxy) is 1. The molecular formula is C12H17N3O. The summed E-state index contributed by atoms with van der Waals surface area (Å²) < 4.78 is 5.05. The Morgan fingerprint density at radius 3 is 2.75 bits per heavy atom. The molecule has 4 heteroatoms. The molecular weight excluding hydrogens is 202 g/mol. The lowest BCUT2D eigenvalue weighted by Crippen LogP contribution is -2.27. The molecule has 0 aromatic heterocycles. The van der Waals surface area contributed by atoms with Crippen molar-refractivity contribution in [1.82, 2.24) is 0 Å². The molecule has 0 aliphatic rings. The lowest BCUT2D eigenvalue weighted by atomic mass is 10.1. The molecule has 4 nitrogen and oxygen atoms in total. The maximum absolute atomic E-state index is 8.75. The van der Waals surface area contributed by atoms with Crippen LogP contribution in [-0.2, 0) is 4.74 Å². The van der Waals surface area contributed by atoms with E-state index >= 15 is 0 Å². The van der Waals surface area contributed by atoms with Gasteiger partial charge in [-0.2, -0.15) is 5.26 Å². The van der Waals surface area contributed by atoms with Crippen molar-refractivity contribution in [3.8, 4) is 6.07 Å². The Balaban J connectivity index is 2.89.